The van der Waals surface area contributed by atoms with Gasteiger partial charge in [-0.1, -0.05) is 19.1 Å². The minimum atomic E-state index is 0.734. The largest absolute Gasteiger partial charge is 0.399 e. The quantitative estimate of drug-likeness (QED) is 0.626. The first-order valence-electron chi connectivity index (χ1n) is 6.62. The van der Waals surface area contributed by atoms with E-state index in [0.717, 1.165) is 35.7 Å². The van der Waals surface area contributed by atoms with Crippen LogP contribution in [0.25, 0.3) is 11.8 Å². The molecule has 0 fully saturated rings. The van der Waals surface area contributed by atoms with Crippen molar-refractivity contribution < 1.29 is 4.84 Å². The lowest BCUT2D eigenvalue weighted by atomic mass is 10.1. The van der Waals surface area contributed by atoms with Gasteiger partial charge < -0.3 is 10.3 Å². The molecule has 2 rings (SSSR count). The summed E-state index contributed by atoms with van der Waals surface area (Å²) in [5.74, 6) is 0.892. The van der Waals surface area contributed by atoms with Crippen molar-refractivity contribution in [3.63, 3.8) is 0 Å². The summed E-state index contributed by atoms with van der Waals surface area (Å²) in [6, 6.07) is 7.61. The number of anilines is 1. The topological polar surface area (TPSA) is 65.1 Å². The summed E-state index contributed by atoms with van der Waals surface area (Å²) >= 11 is 0. The van der Waals surface area contributed by atoms with Crippen LogP contribution in [0.3, 0.4) is 0 Å². The number of hydrogen-bond acceptors (Lipinski definition) is 4. The second-order valence-corrected chi connectivity index (χ2v) is 4.47. The molecule has 0 radical (unpaired) electrons. The summed E-state index contributed by atoms with van der Waals surface area (Å²) < 4.78 is 2.11. The Balaban J connectivity index is 2.34. The lowest BCUT2D eigenvalue weighted by Crippen LogP contribution is -2.11. The van der Waals surface area contributed by atoms with Crippen molar-refractivity contribution in [1.82, 2.24) is 15.0 Å². The minimum Gasteiger partial charge on any atom is -0.399 e. The molecule has 1 heterocycles. The fraction of sp³-hybridized carbons (Fsp3) is 0.267. The SMILES string of the molecule is CCCn1ccnc1C=C(NOC)c1ccc(N)cc1. The molecular formula is C15H20N4O. The zero-order valence-electron chi connectivity index (χ0n) is 11.8. The Hall–Kier alpha value is -2.27. The number of nitrogens with two attached hydrogens (primary N) is 1. The van der Waals surface area contributed by atoms with E-state index in [1.54, 1.807) is 13.3 Å². The Morgan fingerprint density at radius 1 is 1.40 bits per heavy atom. The number of rotatable bonds is 6. The molecule has 0 spiro atoms. The van der Waals surface area contributed by atoms with E-state index in [2.05, 4.69) is 22.0 Å². The average molecular weight is 272 g/mol. The van der Waals surface area contributed by atoms with Crippen molar-refractivity contribution in [2.24, 2.45) is 0 Å². The van der Waals surface area contributed by atoms with E-state index in [1.165, 1.54) is 0 Å². The van der Waals surface area contributed by atoms with E-state index in [-0.39, 0.29) is 0 Å². The zero-order chi connectivity index (χ0) is 14.4. The third-order valence-electron chi connectivity index (χ3n) is 2.92. The van der Waals surface area contributed by atoms with E-state index in [9.17, 15) is 0 Å². The molecule has 5 nitrogen and oxygen atoms in total. The van der Waals surface area contributed by atoms with Crippen LogP contribution in [0.1, 0.15) is 24.7 Å². The summed E-state index contributed by atoms with van der Waals surface area (Å²) in [4.78, 5) is 9.42. The number of aryl methyl sites for hydroxylation is 1. The molecular weight excluding hydrogens is 252 g/mol. The first kappa shape index (κ1) is 14.1. The molecule has 0 saturated heterocycles. The molecule has 0 aliphatic heterocycles. The van der Waals surface area contributed by atoms with Gasteiger partial charge in [0.2, 0.25) is 0 Å². The molecule has 3 N–H and O–H groups in total. The van der Waals surface area contributed by atoms with Gasteiger partial charge in [0.05, 0.1) is 12.8 Å². The second-order valence-electron chi connectivity index (χ2n) is 4.47. The Bertz CT molecular complexity index is 572. The summed E-state index contributed by atoms with van der Waals surface area (Å²) in [7, 11) is 1.59. The predicted octanol–water partition coefficient (Wildman–Crippen LogP) is 2.52. The number of imidazole rings is 1. The summed E-state index contributed by atoms with van der Waals surface area (Å²) in [6.45, 7) is 3.08. The number of nitrogen functional groups attached to an aromatic ring is 1. The smallest absolute Gasteiger partial charge is 0.134 e. The molecule has 0 atom stereocenters. The van der Waals surface area contributed by atoms with Crippen LogP contribution in [0, 0.1) is 0 Å². The molecule has 0 saturated carbocycles. The first-order chi connectivity index (χ1) is 9.74. The summed E-state index contributed by atoms with van der Waals surface area (Å²) in [5, 5.41) is 0. The Kier molecular flexibility index (Phi) is 4.79. The number of nitrogens with one attached hydrogen (secondary N) is 1. The number of nitrogens with zero attached hydrogens (tertiary/aromatic N) is 2. The van der Waals surface area contributed by atoms with E-state index < -0.39 is 0 Å². The van der Waals surface area contributed by atoms with Gasteiger partial charge in [-0.15, -0.1) is 0 Å². The lowest BCUT2D eigenvalue weighted by molar-refractivity contribution is 0.137. The standard InChI is InChI=1S/C15H20N4O/c1-3-9-19-10-8-17-15(19)11-14(18-20-2)12-4-6-13(16)7-5-12/h4-8,10-11,18H,3,9,16H2,1-2H3. The van der Waals surface area contributed by atoms with Gasteiger partial charge in [-0.3, -0.25) is 10.3 Å². The van der Waals surface area contributed by atoms with Crippen molar-refractivity contribution in [1.29, 1.82) is 0 Å². The molecule has 0 unspecified atom stereocenters. The fourth-order valence-electron chi connectivity index (χ4n) is 1.96. The van der Waals surface area contributed by atoms with Gasteiger partial charge in [0, 0.05) is 36.3 Å². The molecule has 2 aromatic rings. The Labute approximate surface area is 119 Å². The van der Waals surface area contributed by atoms with E-state index in [0.29, 0.717) is 0 Å². The van der Waals surface area contributed by atoms with Crippen molar-refractivity contribution in [3.05, 3.63) is 48.0 Å². The van der Waals surface area contributed by atoms with Crippen LogP contribution in [0.4, 0.5) is 5.69 Å². The average Bonchev–Trinajstić information content (AvgIpc) is 2.87. The monoisotopic (exact) mass is 272 g/mol. The number of benzene rings is 1. The van der Waals surface area contributed by atoms with Crippen LogP contribution < -0.4 is 11.2 Å². The fourth-order valence-corrected chi connectivity index (χ4v) is 1.96. The third-order valence-corrected chi connectivity index (χ3v) is 2.92. The highest BCUT2D eigenvalue weighted by Gasteiger charge is 2.05. The van der Waals surface area contributed by atoms with Gasteiger partial charge in [0.1, 0.15) is 5.82 Å². The van der Waals surface area contributed by atoms with Gasteiger partial charge in [-0.25, -0.2) is 4.98 Å². The van der Waals surface area contributed by atoms with Crippen LogP contribution in [-0.2, 0) is 11.4 Å². The molecule has 0 bridgehead atoms. The zero-order valence-corrected chi connectivity index (χ0v) is 11.8. The highest BCUT2D eigenvalue weighted by atomic mass is 16.6. The maximum absolute atomic E-state index is 5.71. The summed E-state index contributed by atoms with van der Waals surface area (Å²) in [6.07, 6.45) is 6.80. The normalized spacial score (nSPS) is 11.6. The number of hydrogen-bond donors (Lipinski definition) is 2. The molecule has 106 valence electrons. The molecule has 20 heavy (non-hydrogen) atoms. The van der Waals surface area contributed by atoms with Crippen LogP contribution in [0.15, 0.2) is 36.7 Å². The maximum atomic E-state index is 5.71. The molecule has 1 aromatic carbocycles. The molecule has 1 aromatic heterocycles. The van der Waals surface area contributed by atoms with Crippen LogP contribution in [0.5, 0.6) is 0 Å². The Morgan fingerprint density at radius 3 is 2.80 bits per heavy atom. The van der Waals surface area contributed by atoms with E-state index in [1.807, 2.05) is 36.5 Å². The second kappa shape index (κ2) is 6.77. The third kappa shape index (κ3) is 3.39. The number of aromatic nitrogens is 2. The highest BCUT2D eigenvalue weighted by molar-refractivity contribution is 5.78. The maximum Gasteiger partial charge on any atom is 0.134 e. The van der Waals surface area contributed by atoms with Crippen molar-refractivity contribution in [2.45, 2.75) is 19.9 Å². The first-order valence-corrected chi connectivity index (χ1v) is 6.62. The molecule has 5 heteroatoms. The van der Waals surface area contributed by atoms with E-state index >= 15 is 0 Å². The molecule has 0 amide bonds. The Morgan fingerprint density at radius 2 is 2.15 bits per heavy atom. The predicted molar refractivity (Wildman–Crippen MR) is 81.4 cm³/mol. The van der Waals surface area contributed by atoms with Crippen LogP contribution >= 0.6 is 0 Å². The number of hydroxylamine groups is 1. The highest BCUT2D eigenvalue weighted by Crippen LogP contribution is 2.17. The van der Waals surface area contributed by atoms with Gasteiger partial charge in [-0.2, -0.15) is 0 Å². The molecule has 0 aliphatic rings. The van der Waals surface area contributed by atoms with Crippen molar-refractivity contribution in [3.8, 4) is 0 Å². The minimum absolute atomic E-state index is 0.734. The van der Waals surface area contributed by atoms with Gasteiger partial charge in [-0.05, 0) is 18.6 Å². The van der Waals surface area contributed by atoms with Crippen LogP contribution in [0.2, 0.25) is 0 Å². The lowest BCUT2D eigenvalue weighted by Gasteiger charge is -2.10. The summed E-state index contributed by atoms with van der Waals surface area (Å²) in [5.41, 5.74) is 11.2. The van der Waals surface area contributed by atoms with Crippen LogP contribution in [-0.4, -0.2) is 16.7 Å². The van der Waals surface area contributed by atoms with Crippen molar-refractivity contribution >= 4 is 17.5 Å². The van der Waals surface area contributed by atoms with Crippen molar-refractivity contribution in [2.75, 3.05) is 12.8 Å². The van der Waals surface area contributed by atoms with E-state index in [4.69, 9.17) is 10.6 Å². The van der Waals surface area contributed by atoms with Gasteiger partial charge in [0.25, 0.3) is 0 Å². The molecule has 0 aliphatic carbocycles. The van der Waals surface area contributed by atoms with Gasteiger partial charge >= 0.3 is 0 Å². The van der Waals surface area contributed by atoms with Gasteiger partial charge in [0.15, 0.2) is 0 Å².